The first kappa shape index (κ1) is 10.4. The molecule has 1 aromatic carbocycles. The average Bonchev–Trinajstić information content (AvgIpc) is 2.53. The molecule has 1 N–H and O–H groups in total. The summed E-state index contributed by atoms with van der Waals surface area (Å²) in [6.45, 7) is 0. The molecule has 0 aliphatic rings. The third-order valence-corrected chi connectivity index (χ3v) is 3.18. The van der Waals surface area contributed by atoms with E-state index in [2.05, 4.69) is 4.98 Å². The molecule has 15 heavy (non-hydrogen) atoms. The lowest BCUT2D eigenvalue weighted by Crippen LogP contribution is -1.96. The maximum Gasteiger partial charge on any atom is 0.303 e. The van der Waals surface area contributed by atoms with Crippen LogP contribution in [-0.4, -0.2) is 16.1 Å². The zero-order valence-corrected chi connectivity index (χ0v) is 9.31. The van der Waals surface area contributed by atoms with Crippen LogP contribution >= 0.6 is 22.9 Å². The summed E-state index contributed by atoms with van der Waals surface area (Å²) >= 11 is 7.18. The highest BCUT2D eigenvalue weighted by molar-refractivity contribution is 7.22. The van der Waals surface area contributed by atoms with Crippen LogP contribution in [0.2, 0.25) is 4.47 Å². The molecule has 3 nitrogen and oxygen atoms in total. The van der Waals surface area contributed by atoms with Gasteiger partial charge in [0.1, 0.15) is 0 Å². The van der Waals surface area contributed by atoms with Gasteiger partial charge in [-0.05, 0) is 24.1 Å². The lowest BCUT2D eigenvalue weighted by molar-refractivity contribution is -0.136. The fraction of sp³-hybridized carbons (Fsp3) is 0.200. The van der Waals surface area contributed by atoms with Crippen molar-refractivity contribution in [1.29, 1.82) is 0 Å². The molecule has 0 radical (unpaired) electrons. The largest absolute Gasteiger partial charge is 0.481 e. The Kier molecular flexibility index (Phi) is 2.88. The van der Waals surface area contributed by atoms with E-state index in [0.29, 0.717) is 10.9 Å². The molecule has 5 heteroatoms. The van der Waals surface area contributed by atoms with Gasteiger partial charge in [-0.15, -0.1) is 11.3 Å². The third kappa shape index (κ3) is 2.46. The van der Waals surface area contributed by atoms with Crippen LogP contribution in [0.4, 0.5) is 0 Å². The number of rotatable bonds is 3. The first-order chi connectivity index (χ1) is 7.15. The standard InChI is InChI=1S/C10H8ClNO2S/c11-10-12-7-3-1-6(2-4-9(13)14)5-8(7)15-10/h1,3,5H,2,4H2,(H,13,14). The summed E-state index contributed by atoms with van der Waals surface area (Å²) in [7, 11) is 0. The summed E-state index contributed by atoms with van der Waals surface area (Å²) in [5.41, 5.74) is 1.87. The van der Waals surface area contributed by atoms with E-state index in [4.69, 9.17) is 16.7 Å². The molecular weight excluding hydrogens is 234 g/mol. The Morgan fingerprint density at radius 3 is 3.07 bits per heavy atom. The van der Waals surface area contributed by atoms with Crippen molar-refractivity contribution in [2.75, 3.05) is 0 Å². The quantitative estimate of drug-likeness (QED) is 0.899. The minimum atomic E-state index is -0.780. The van der Waals surface area contributed by atoms with E-state index in [1.165, 1.54) is 11.3 Å². The summed E-state index contributed by atoms with van der Waals surface area (Å²) in [4.78, 5) is 14.5. The number of aryl methyl sites for hydroxylation is 1. The Hall–Kier alpha value is -1.13. The van der Waals surface area contributed by atoms with Crippen molar-refractivity contribution in [3.63, 3.8) is 0 Å². The van der Waals surface area contributed by atoms with Crippen LogP contribution in [0.5, 0.6) is 0 Å². The molecule has 1 heterocycles. The second kappa shape index (κ2) is 4.16. The molecule has 78 valence electrons. The van der Waals surface area contributed by atoms with E-state index in [-0.39, 0.29) is 6.42 Å². The van der Waals surface area contributed by atoms with Gasteiger partial charge in [-0.2, -0.15) is 0 Å². The number of fused-ring (bicyclic) bond motifs is 1. The second-order valence-corrected chi connectivity index (χ2v) is 4.78. The number of halogens is 1. The van der Waals surface area contributed by atoms with Crippen molar-refractivity contribution in [3.8, 4) is 0 Å². The zero-order valence-electron chi connectivity index (χ0n) is 7.74. The number of hydrogen-bond donors (Lipinski definition) is 1. The highest BCUT2D eigenvalue weighted by atomic mass is 35.5. The van der Waals surface area contributed by atoms with Gasteiger partial charge in [-0.1, -0.05) is 17.7 Å². The monoisotopic (exact) mass is 241 g/mol. The molecule has 0 saturated carbocycles. The van der Waals surface area contributed by atoms with Gasteiger partial charge in [0.15, 0.2) is 4.47 Å². The summed E-state index contributed by atoms with van der Waals surface area (Å²) in [6.07, 6.45) is 0.693. The van der Waals surface area contributed by atoms with Crippen molar-refractivity contribution in [3.05, 3.63) is 28.2 Å². The Labute approximate surface area is 95.3 Å². The Morgan fingerprint density at radius 1 is 1.53 bits per heavy atom. The molecule has 0 saturated heterocycles. The van der Waals surface area contributed by atoms with Crippen LogP contribution in [0.25, 0.3) is 10.2 Å². The van der Waals surface area contributed by atoms with Crippen LogP contribution in [-0.2, 0) is 11.2 Å². The van der Waals surface area contributed by atoms with Gasteiger partial charge in [0.05, 0.1) is 10.2 Å². The van der Waals surface area contributed by atoms with Crippen molar-refractivity contribution < 1.29 is 9.90 Å². The smallest absolute Gasteiger partial charge is 0.303 e. The predicted molar refractivity (Wildman–Crippen MR) is 60.6 cm³/mol. The summed E-state index contributed by atoms with van der Waals surface area (Å²) in [5.74, 6) is -0.780. The second-order valence-electron chi connectivity index (χ2n) is 3.16. The lowest BCUT2D eigenvalue weighted by Gasteiger charge is -1.97. The molecule has 0 aliphatic carbocycles. The lowest BCUT2D eigenvalue weighted by atomic mass is 10.1. The molecule has 0 unspecified atom stereocenters. The minimum absolute atomic E-state index is 0.151. The zero-order chi connectivity index (χ0) is 10.8. The molecule has 0 amide bonds. The van der Waals surface area contributed by atoms with E-state index >= 15 is 0 Å². The molecule has 0 spiro atoms. The number of hydrogen-bond acceptors (Lipinski definition) is 3. The van der Waals surface area contributed by atoms with Crippen molar-refractivity contribution in [2.24, 2.45) is 0 Å². The van der Waals surface area contributed by atoms with Gasteiger partial charge in [0.25, 0.3) is 0 Å². The van der Waals surface area contributed by atoms with Gasteiger partial charge in [0.2, 0.25) is 0 Å². The van der Waals surface area contributed by atoms with Crippen LogP contribution < -0.4 is 0 Å². The third-order valence-electron chi connectivity index (χ3n) is 2.05. The molecule has 0 aliphatic heterocycles. The van der Waals surface area contributed by atoms with E-state index in [9.17, 15) is 4.79 Å². The van der Waals surface area contributed by atoms with Gasteiger partial charge in [-0.25, -0.2) is 4.98 Å². The Balaban J connectivity index is 2.26. The number of carboxylic acids is 1. The molecule has 2 aromatic rings. The normalized spacial score (nSPS) is 10.7. The van der Waals surface area contributed by atoms with Crippen LogP contribution in [0.3, 0.4) is 0 Å². The van der Waals surface area contributed by atoms with Gasteiger partial charge in [-0.3, -0.25) is 4.79 Å². The van der Waals surface area contributed by atoms with E-state index in [1.54, 1.807) is 0 Å². The van der Waals surface area contributed by atoms with E-state index < -0.39 is 5.97 Å². The summed E-state index contributed by atoms with van der Waals surface area (Å²) in [6, 6.07) is 5.71. The maximum atomic E-state index is 10.4. The fourth-order valence-electron chi connectivity index (χ4n) is 1.35. The predicted octanol–water partition coefficient (Wildman–Crippen LogP) is 2.97. The average molecular weight is 242 g/mol. The fourth-order valence-corrected chi connectivity index (χ4v) is 2.44. The number of nitrogens with zero attached hydrogens (tertiary/aromatic N) is 1. The summed E-state index contributed by atoms with van der Waals surface area (Å²) in [5, 5.41) is 8.56. The van der Waals surface area contributed by atoms with Crippen molar-refractivity contribution >= 4 is 39.1 Å². The highest BCUT2D eigenvalue weighted by Crippen LogP contribution is 2.26. The maximum absolute atomic E-state index is 10.4. The Bertz CT molecular complexity index is 509. The van der Waals surface area contributed by atoms with Crippen molar-refractivity contribution in [2.45, 2.75) is 12.8 Å². The molecular formula is C10H8ClNO2S. The highest BCUT2D eigenvalue weighted by Gasteiger charge is 2.04. The van der Waals surface area contributed by atoms with Crippen LogP contribution in [0, 0.1) is 0 Å². The van der Waals surface area contributed by atoms with Crippen LogP contribution in [0.1, 0.15) is 12.0 Å². The number of carbonyl (C=O) groups is 1. The Morgan fingerprint density at radius 2 is 2.33 bits per heavy atom. The van der Waals surface area contributed by atoms with Crippen LogP contribution in [0.15, 0.2) is 18.2 Å². The number of aromatic nitrogens is 1. The number of carboxylic acid groups (broad SMARTS) is 1. The minimum Gasteiger partial charge on any atom is -0.481 e. The van der Waals surface area contributed by atoms with Gasteiger partial charge in [0, 0.05) is 6.42 Å². The molecule has 0 fully saturated rings. The molecule has 1 aromatic heterocycles. The number of thiazole rings is 1. The van der Waals surface area contributed by atoms with Crippen molar-refractivity contribution in [1.82, 2.24) is 4.98 Å². The van der Waals surface area contributed by atoms with E-state index in [0.717, 1.165) is 15.8 Å². The van der Waals surface area contributed by atoms with Gasteiger partial charge < -0.3 is 5.11 Å². The van der Waals surface area contributed by atoms with E-state index in [1.807, 2.05) is 18.2 Å². The first-order valence-corrected chi connectivity index (χ1v) is 5.61. The molecule has 0 atom stereocenters. The molecule has 0 bridgehead atoms. The summed E-state index contributed by atoms with van der Waals surface area (Å²) < 4.78 is 1.52. The number of aliphatic carboxylic acids is 1. The van der Waals surface area contributed by atoms with Gasteiger partial charge >= 0.3 is 5.97 Å². The molecule has 2 rings (SSSR count). The number of benzene rings is 1. The topological polar surface area (TPSA) is 50.2 Å². The first-order valence-electron chi connectivity index (χ1n) is 4.42. The SMILES string of the molecule is O=C(O)CCc1ccc2nc(Cl)sc2c1.